The number of nitrogens with one attached hydrogen (secondary N) is 6. The van der Waals surface area contributed by atoms with Crippen LogP contribution in [0.5, 0.6) is 0 Å². The fourth-order valence-corrected chi connectivity index (χ4v) is 8.55. The molecule has 2 fully saturated rings. The number of aromatic amines is 1. The van der Waals surface area contributed by atoms with Crippen LogP contribution >= 0.6 is 0 Å². The van der Waals surface area contributed by atoms with Gasteiger partial charge in [0.2, 0.25) is 47.3 Å². The fraction of sp³-hybridized carbons (Fsp3) is 0.489. The third-order valence-electron chi connectivity index (χ3n) is 12.8. The third kappa shape index (κ3) is 12.4. The predicted molar refractivity (Wildman–Crippen MR) is 250 cm³/mol. The maximum Gasteiger partial charge on any atom is 0.246 e. The molecule has 0 spiro atoms. The topological polar surface area (TPSA) is 325 Å². The predicted octanol–water partition coefficient (Wildman–Crippen LogP) is 0.298. The lowest BCUT2D eigenvalue weighted by Gasteiger charge is -2.33. The van der Waals surface area contributed by atoms with E-state index in [9.17, 15) is 33.6 Å². The van der Waals surface area contributed by atoms with Crippen molar-refractivity contribution in [2.75, 3.05) is 13.1 Å². The molecule has 2 aromatic carbocycles. The third-order valence-corrected chi connectivity index (χ3v) is 12.8. The summed E-state index contributed by atoms with van der Waals surface area (Å²) >= 11 is 0. The van der Waals surface area contributed by atoms with Crippen molar-refractivity contribution in [2.45, 2.75) is 127 Å². The number of nitrogens with two attached hydrogens (primary N) is 3. The lowest BCUT2D eigenvalue weighted by atomic mass is 9.96. The maximum absolute atomic E-state index is 15.0. The van der Waals surface area contributed by atoms with Gasteiger partial charge in [0, 0.05) is 48.6 Å². The molecule has 8 atom stereocenters. The van der Waals surface area contributed by atoms with Crippen molar-refractivity contribution in [1.82, 2.24) is 51.5 Å². The molecule has 4 heterocycles. The van der Waals surface area contributed by atoms with Gasteiger partial charge >= 0.3 is 0 Å². The lowest BCUT2D eigenvalue weighted by molar-refractivity contribution is -0.143. The SMILES string of the molecule is CC[C@H](C)[C@@H]1NC(=O)C(CC(N)=O)NC(=O)[C@@H](N)CC(=O)NCCCCC(C(N)=O)NC(=O)[C@H](Cc2c[nH]c3ccccc23)NC(=O)[C@@H]2CC(n3cc(-c4ccc(C(C)C)cc4)nn3)CN2C1=O. The Bertz CT molecular complexity index is 2490. The molecular formula is C47H63N13O8. The van der Waals surface area contributed by atoms with Crippen LogP contribution in [-0.2, 0) is 44.8 Å². The first-order valence-corrected chi connectivity index (χ1v) is 23.1. The van der Waals surface area contributed by atoms with Gasteiger partial charge in [-0.1, -0.05) is 81.8 Å². The number of H-pyrrole nitrogens is 1. The number of benzene rings is 2. The molecule has 3 unspecified atom stereocenters. The molecule has 21 heteroatoms. The molecule has 2 aliphatic heterocycles. The standard InChI is InChI=1S/C47H63N13O8/c1-5-26(4)41-47(68)59-23-30(60-24-37(57-58-60)28-15-13-27(14-16-28)25(2)3)19-38(59)46(67)55-35(18-29-22-52-33-11-7-6-10-31(29)33)44(65)53-34(42(50)63)12-8-9-17-51-40(62)20-32(48)43(64)54-36(21-39(49)61)45(66)56-41/h6-7,10-11,13-16,22,24-26,30,32,34-36,38,41,52H,5,8-9,12,17-21,23,48H2,1-4H3,(H2,49,61)(H2,50,63)(H,51,62)(H,53,65)(H,54,64)(H,55,67)(H,56,66)/t26-,30?,32-,34?,35-,36?,38-,41-/m0/s1. The number of para-hydroxylation sites is 1. The number of carbonyl (C=O) groups is 8. The van der Waals surface area contributed by atoms with Crippen LogP contribution in [0.2, 0.25) is 0 Å². The average molecular weight is 938 g/mol. The Morgan fingerprint density at radius 2 is 1.56 bits per heavy atom. The summed E-state index contributed by atoms with van der Waals surface area (Å²) in [6.07, 6.45) is 3.47. The van der Waals surface area contributed by atoms with Gasteiger partial charge in [0.1, 0.15) is 35.9 Å². The van der Waals surface area contributed by atoms with Crippen LogP contribution in [0.3, 0.4) is 0 Å². The van der Waals surface area contributed by atoms with E-state index in [1.165, 1.54) is 4.90 Å². The van der Waals surface area contributed by atoms with E-state index in [2.05, 4.69) is 55.7 Å². The van der Waals surface area contributed by atoms with Gasteiger partial charge in [0.25, 0.3) is 0 Å². The second-order valence-corrected chi connectivity index (χ2v) is 18.1. The molecule has 12 N–H and O–H groups in total. The molecule has 21 nitrogen and oxygen atoms in total. The Kier molecular flexibility index (Phi) is 16.7. The highest BCUT2D eigenvalue weighted by molar-refractivity contribution is 5.99. The van der Waals surface area contributed by atoms with Crippen molar-refractivity contribution in [2.24, 2.45) is 23.1 Å². The van der Waals surface area contributed by atoms with Crippen LogP contribution in [0.1, 0.15) is 95.7 Å². The van der Waals surface area contributed by atoms with Gasteiger partial charge in [-0.15, -0.1) is 5.10 Å². The summed E-state index contributed by atoms with van der Waals surface area (Å²) in [7, 11) is 0. The summed E-state index contributed by atoms with van der Waals surface area (Å²) in [5, 5.41) is 23.0. The van der Waals surface area contributed by atoms with Gasteiger partial charge in [-0.25, -0.2) is 4.68 Å². The first-order chi connectivity index (χ1) is 32.4. The number of primary amides is 2. The number of nitrogens with zero attached hydrogens (tertiary/aromatic N) is 4. The minimum Gasteiger partial charge on any atom is -0.370 e. The van der Waals surface area contributed by atoms with Crippen molar-refractivity contribution in [3.05, 3.63) is 72.1 Å². The van der Waals surface area contributed by atoms with E-state index in [0.29, 0.717) is 36.4 Å². The van der Waals surface area contributed by atoms with E-state index >= 15 is 4.79 Å². The Morgan fingerprint density at radius 3 is 2.25 bits per heavy atom. The number of hydrogen-bond donors (Lipinski definition) is 9. The summed E-state index contributed by atoms with van der Waals surface area (Å²) < 4.78 is 1.58. The first-order valence-electron chi connectivity index (χ1n) is 23.1. The first kappa shape index (κ1) is 50.3. The maximum atomic E-state index is 15.0. The van der Waals surface area contributed by atoms with Gasteiger partial charge in [-0.2, -0.15) is 0 Å². The molecule has 6 rings (SSSR count). The molecule has 2 aliphatic rings. The molecule has 68 heavy (non-hydrogen) atoms. The van der Waals surface area contributed by atoms with Crippen molar-refractivity contribution < 1.29 is 38.4 Å². The van der Waals surface area contributed by atoms with E-state index < -0.39 is 108 Å². The monoisotopic (exact) mass is 937 g/mol. The number of rotatable bonds is 10. The lowest BCUT2D eigenvalue weighted by Crippen LogP contribution is -2.60. The minimum absolute atomic E-state index is 0.0180. The van der Waals surface area contributed by atoms with E-state index in [-0.39, 0.29) is 32.4 Å². The Balaban J connectivity index is 1.39. The smallest absolute Gasteiger partial charge is 0.246 e. The zero-order valence-electron chi connectivity index (χ0n) is 38.8. The molecule has 0 saturated carbocycles. The van der Waals surface area contributed by atoms with Crippen LogP contribution in [0, 0.1) is 5.92 Å². The second-order valence-electron chi connectivity index (χ2n) is 18.1. The molecule has 8 amide bonds. The molecule has 4 aromatic rings. The highest BCUT2D eigenvalue weighted by Gasteiger charge is 2.45. The van der Waals surface area contributed by atoms with E-state index in [4.69, 9.17) is 17.2 Å². The molecule has 2 aromatic heterocycles. The number of amides is 8. The van der Waals surface area contributed by atoms with Crippen LogP contribution in [0.15, 0.2) is 60.9 Å². The van der Waals surface area contributed by atoms with Gasteiger partial charge in [-0.3, -0.25) is 38.4 Å². The summed E-state index contributed by atoms with van der Waals surface area (Å²) in [5.74, 6) is -6.48. The summed E-state index contributed by atoms with van der Waals surface area (Å²) in [6, 6.07) is 6.75. The van der Waals surface area contributed by atoms with E-state index in [0.717, 1.165) is 22.0 Å². The molecule has 0 aliphatic carbocycles. The van der Waals surface area contributed by atoms with Crippen molar-refractivity contribution in [3.63, 3.8) is 0 Å². The Hall–Kier alpha value is -7.16. The zero-order valence-corrected chi connectivity index (χ0v) is 38.8. The molecular weight excluding hydrogens is 875 g/mol. The highest BCUT2D eigenvalue weighted by Crippen LogP contribution is 2.31. The minimum atomic E-state index is -1.58. The quantitative estimate of drug-likeness (QED) is 0.104. The Morgan fingerprint density at radius 1 is 0.853 bits per heavy atom. The average Bonchev–Trinajstić information content (AvgIpc) is 4.08. The van der Waals surface area contributed by atoms with Gasteiger partial charge in [0.05, 0.1) is 31.1 Å². The normalized spacial score (nSPS) is 24.6. The van der Waals surface area contributed by atoms with Crippen molar-refractivity contribution >= 4 is 58.2 Å². The summed E-state index contributed by atoms with van der Waals surface area (Å²) in [5.41, 5.74) is 21.3. The number of hydrogen-bond acceptors (Lipinski definition) is 11. The Labute approximate surface area is 393 Å². The number of aromatic nitrogens is 4. The molecule has 0 radical (unpaired) electrons. The van der Waals surface area contributed by atoms with Gasteiger partial charge in [-0.05, 0) is 48.3 Å². The summed E-state index contributed by atoms with van der Waals surface area (Å²) in [6.45, 7) is 7.77. The summed E-state index contributed by atoms with van der Waals surface area (Å²) in [4.78, 5) is 114. The van der Waals surface area contributed by atoms with E-state index in [1.54, 1.807) is 30.9 Å². The largest absolute Gasteiger partial charge is 0.370 e. The van der Waals surface area contributed by atoms with Crippen molar-refractivity contribution in [3.8, 4) is 11.3 Å². The highest BCUT2D eigenvalue weighted by atomic mass is 16.2. The van der Waals surface area contributed by atoms with Crippen LogP contribution < -0.4 is 43.8 Å². The van der Waals surface area contributed by atoms with Crippen LogP contribution in [0.4, 0.5) is 0 Å². The van der Waals surface area contributed by atoms with Crippen molar-refractivity contribution in [1.29, 1.82) is 0 Å². The molecule has 2 saturated heterocycles. The van der Waals surface area contributed by atoms with Crippen LogP contribution in [-0.4, -0.2) is 121 Å². The van der Waals surface area contributed by atoms with Gasteiger partial charge in [0.15, 0.2) is 0 Å². The van der Waals surface area contributed by atoms with Gasteiger partial charge < -0.3 is 53.7 Å². The molecule has 364 valence electrons. The zero-order chi connectivity index (χ0) is 49.2. The van der Waals surface area contributed by atoms with Crippen LogP contribution in [0.25, 0.3) is 22.2 Å². The molecule has 0 bridgehead atoms. The van der Waals surface area contributed by atoms with E-state index in [1.807, 2.05) is 48.5 Å². The second kappa shape index (κ2) is 22.6. The number of carbonyl (C=O) groups excluding carboxylic acids is 8. The number of fused-ring (bicyclic) bond motifs is 2. The fourth-order valence-electron chi connectivity index (χ4n) is 8.55.